The molecule has 1 aromatic heterocycles. The van der Waals surface area contributed by atoms with E-state index in [1.165, 1.54) is 10.4 Å². The predicted octanol–water partition coefficient (Wildman–Crippen LogP) is 2.44. The van der Waals surface area contributed by atoms with Gasteiger partial charge < -0.3 is 10.2 Å². The highest BCUT2D eigenvalue weighted by atomic mass is 35.5. The van der Waals surface area contributed by atoms with E-state index >= 15 is 0 Å². The predicted molar refractivity (Wildman–Crippen MR) is 80.9 cm³/mol. The van der Waals surface area contributed by atoms with Crippen LogP contribution < -0.4 is 5.32 Å². The summed E-state index contributed by atoms with van der Waals surface area (Å²) >= 11 is 1.83. The maximum atomic E-state index is 12.3. The summed E-state index contributed by atoms with van der Waals surface area (Å²) in [5.74, 6) is 0.960. The average Bonchev–Trinajstić information content (AvgIpc) is 2.87. The standard InChI is InChI=1S/C14H20N2OS.ClH/c17-14(9-11-1-5-15-6-2-11)16-7-3-13-12(10-16)4-8-18-13;/h4,8,11,15H,1-3,5-7,9-10H2;1H. The molecule has 1 amide bonds. The number of fused-ring (bicyclic) bond motifs is 1. The van der Waals surface area contributed by atoms with Crippen molar-refractivity contribution in [3.8, 4) is 0 Å². The molecule has 0 spiro atoms. The first-order valence-electron chi connectivity index (χ1n) is 6.86. The topological polar surface area (TPSA) is 32.3 Å². The number of thiophene rings is 1. The van der Waals surface area contributed by atoms with Gasteiger partial charge in [-0.3, -0.25) is 4.79 Å². The number of carbonyl (C=O) groups is 1. The van der Waals surface area contributed by atoms with Gasteiger partial charge in [0.15, 0.2) is 0 Å². The number of piperidine rings is 1. The molecule has 1 aromatic rings. The first-order valence-corrected chi connectivity index (χ1v) is 7.74. The molecule has 3 rings (SSSR count). The molecule has 1 fully saturated rings. The van der Waals surface area contributed by atoms with Crippen LogP contribution in [0.3, 0.4) is 0 Å². The summed E-state index contributed by atoms with van der Waals surface area (Å²) in [7, 11) is 0. The van der Waals surface area contributed by atoms with Crippen molar-refractivity contribution in [2.24, 2.45) is 5.92 Å². The lowest BCUT2D eigenvalue weighted by Gasteiger charge is -2.30. The van der Waals surface area contributed by atoms with E-state index in [0.29, 0.717) is 11.8 Å². The molecule has 0 atom stereocenters. The van der Waals surface area contributed by atoms with Crippen molar-refractivity contribution in [3.63, 3.8) is 0 Å². The van der Waals surface area contributed by atoms with Crippen LogP contribution in [0.25, 0.3) is 0 Å². The maximum absolute atomic E-state index is 12.3. The van der Waals surface area contributed by atoms with Crippen LogP contribution in [0.4, 0.5) is 0 Å². The summed E-state index contributed by atoms with van der Waals surface area (Å²) in [6.07, 6.45) is 4.11. The molecule has 106 valence electrons. The van der Waals surface area contributed by atoms with Crippen LogP contribution in [-0.2, 0) is 17.8 Å². The quantitative estimate of drug-likeness (QED) is 0.910. The number of nitrogens with one attached hydrogen (secondary N) is 1. The van der Waals surface area contributed by atoms with Gasteiger partial charge in [-0.05, 0) is 55.3 Å². The Morgan fingerprint density at radius 3 is 3.00 bits per heavy atom. The summed E-state index contributed by atoms with van der Waals surface area (Å²) < 4.78 is 0. The summed E-state index contributed by atoms with van der Waals surface area (Å²) in [5.41, 5.74) is 1.37. The summed E-state index contributed by atoms with van der Waals surface area (Å²) in [5, 5.41) is 5.50. The van der Waals surface area contributed by atoms with Gasteiger partial charge in [0, 0.05) is 24.4 Å². The molecule has 3 heterocycles. The Hall–Kier alpha value is -0.580. The molecule has 2 aliphatic heterocycles. The molecule has 0 unspecified atom stereocenters. The first kappa shape index (κ1) is 14.8. The van der Waals surface area contributed by atoms with Gasteiger partial charge in [0.05, 0.1) is 0 Å². The average molecular weight is 301 g/mol. The van der Waals surface area contributed by atoms with Crippen LogP contribution >= 0.6 is 23.7 Å². The largest absolute Gasteiger partial charge is 0.338 e. The third-order valence-corrected chi connectivity index (χ3v) is 5.11. The third-order valence-electron chi connectivity index (χ3n) is 4.08. The van der Waals surface area contributed by atoms with Gasteiger partial charge in [-0.1, -0.05) is 0 Å². The van der Waals surface area contributed by atoms with E-state index < -0.39 is 0 Å². The highest BCUT2D eigenvalue weighted by Gasteiger charge is 2.24. The molecule has 0 saturated carbocycles. The minimum absolute atomic E-state index is 0. The highest BCUT2D eigenvalue weighted by molar-refractivity contribution is 7.10. The van der Waals surface area contributed by atoms with Crippen molar-refractivity contribution in [1.29, 1.82) is 0 Å². The van der Waals surface area contributed by atoms with Crippen LogP contribution in [0.15, 0.2) is 11.4 Å². The fourth-order valence-electron chi connectivity index (χ4n) is 2.92. The van der Waals surface area contributed by atoms with E-state index in [0.717, 1.165) is 51.9 Å². The van der Waals surface area contributed by atoms with Gasteiger partial charge in [-0.2, -0.15) is 0 Å². The SMILES string of the molecule is Cl.O=C(CC1CCNCC1)N1CCc2sccc2C1. The molecule has 3 nitrogen and oxygen atoms in total. The molecule has 5 heteroatoms. The Morgan fingerprint density at radius 2 is 2.21 bits per heavy atom. The van der Waals surface area contributed by atoms with Crippen molar-refractivity contribution >= 4 is 29.7 Å². The number of hydrogen-bond donors (Lipinski definition) is 1. The van der Waals surface area contributed by atoms with E-state index in [1.54, 1.807) is 0 Å². The lowest BCUT2D eigenvalue weighted by Crippen LogP contribution is -2.38. The third kappa shape index (κ3) is 3.50. The lowest BCUT2D eigenvalue weighted by atomic mass is 9.93. The molecule has 2 aliphatic rings. The Morgan fingerprint density at radius 1 is 1.42 bits per heavy atom. The molecule has 1 N–H and O–H groups in total. The van der Waals surface area contributed by atoms with Crippen molar-refractivity contribution in [1.82, 2.24) is 10.2 Å². The number of carbonyl (C=O) groups excluding carboxylic acids is 1. The summed E-state index contributed by atoms with van der Waals surface area (Å²) in [4.78, 5) is 15.8. The second-order valence-corrected chi connectivity index (χ2v) is 6.33. The number of hydrogen-bond acceptors (Lipinski definition) is 3. The molecule has 1 saturated heterocycles. The fourth-order valence-corrected chi connectivity index (χ4v) is 3.81. The van der Waals surface area contributed by atoms with E-state index in [4.69, 9.17) is 0 Å². The van der Waals surface area contributed by atoms with Crippen LogP contribution in [0.2, 0.25) is 0 Å². The minimum atomic E-state index is 0. The van der Waals surface area contributed by atoms with Crippen molar-refractivity contribution in [3.05, 3.63) is 21.9 Å². The normalized spacial score (nSPS) is 19.7. The fraction of sp³-hybridized carbons (Fsp3) is 0.643. The van der Waals surface area contributed by atoms with Crippen LogP contribution in [0.5, 0.6) is 0 Å². The van der Waals surface area contributed by atoms with Gasteiger partial charge in [-0.15, -0.1) is 23.7 Å². The molecule has 0 radical (unpaired) electrons. The first-order chi connectivity index (χ1) is 8.83. The minimum Gasteiger partial charge on any atom is -0.338 e. The highest BCUT2D eigenvalue weighted by Crippen LogP contribution is 2.25. The monoisotopic (exact) mass is 300 g/mol. The number of rotatable bonds is 2. The zero-order valence-electron chi connectivity index (χ0n) is 11.1. The zero-order chi connectivity index (χ0) is 12.4. The Kier molecular flexibility index (Phi) is 5.25. The lowest BCUT2D eigenvalue weighted by molar-refractivity contribution is -0.133. The molecule has 0 aliphatic carbocycles. The Bertz CT molecular complexity index is 429. The Labute approximate surface area is 124 Å². The van der Waals surface area contributed by atoms with Gasteiger partial charge in [0.1, 0.15) is 0 Å². The van der Waals surface area contributed by atoms with Gasteiger partial charge in [0.2, 0.25) is 5.91 Å². The van der Waals surface area contributed by atoms with E-state index in [2.05, 4.69) is 21.7 Å². The van der Waals surface area contributed by atoms with Gasteiger partial charge >= 0.3 is 0 Å². The molecule has 0 aromatic carbocycles. The van der Waals surface area contributed by atoms with Gasteiger partial charge in [0.25, 0.3) is 0 Å². The maximum Gasteiger partial charge on any atom is 0.223 e. The van der Waals surface area contributed by atoms with Crippen LogP contribution in [-0.4, -0.2) is 30.4 Å². The second kappa shape index (κ2) is 6.73. The number of nitrogens with zero attached hydrogens (tertiary/aromatic N) is 1. The van der Waals surface area contributed by atoms with E-state index in [9.17, 15) is 4.79 Å². The zero-order valence-corrected chi connectivity index (χ0v) is 12.7. The summed E-state index contributed by atoms with van der Waals surface area (Å²) in [6.45, 7) is 3.90. The smallest absolute Gasteiger partial charge is 0.223 e. The summed E-state index contributed by atoms with van der Waals surface area (Å²) in [6, 6.07) is 2.17. The van der Waals surface area contributed by atoms with Crippen molar-refractivity contribution in [2.75, 3.05) is 19.6 Å². The molecular formula is C14H21ClN2OS. The van der Waals surface area contributed by atoms with Crippen molar-refractivity contribution < 1.29 is 4.79 Å². The molecule has 19 heavy (non-hydrogen) atoms. The molecule has 0 bridgehead atoms. The molecular weight excluding hydrogens is 280 g/mol. The van der Waals surface area contributed by atoms with Crippen molar-refractivity contribution in [2.45, 2.75) is 32.2 Å². The van der Waals surface area contributed by atoms with E-state index in [1.807, 2.05) is 11.3 Å². The second-order valence-electron chi connectivity index (χ2n) is 5.33. The number of halogens is 1. The van der Waals surface area contributed by atoms with Gasteiger partial charge in [-0.25, -0.2) is 0 Å². The number of amides is 1. The van der Waals surface area contributed by atoms with E-state index in [-0.39, 0.29) is 12.4 Å². The van der Waals surface area contributed by atoms with Crippen LogP contribution in [0, 0.1) is 5.92 Å². The van der Waals surface area contributed by atoms with Crippen LogP contribution in [0.1, 0.15) is 29.7 Å². The Balaban J connectivity index is 0.00000133.